The number of hydrogen-bond acceptors (Lipinski definition) is 5. The molecule has 2 fully saturated rings. The highest BCUT2D eigenvalue weighted by Crippen LogP contribution is 2.36. The number of amides is 1. The van der Waals surface area contributed by atoms with Crippen LogP contribution >= 0.6 is 0 Å². The zero-order valence-corrected chi connectivity index (χ0v) is 14.2. The molecule has 2 saturated heterocycles. The fourth-order valence-corrected chi connectivity index (χ4v) is 3.47. The summed E-state index contributed by atoms with van der Waals surface area (Å²) in [7, 11) is 1.87. The van der Waals surface area contributed by atoms with Crippen molar-refractivity contribution >= 4 is 5.91 Å². The topological polar surface area (TPSA) is 71.0 Å². The van der Waals surface area contributed by atoms with E-state index in [9.17, 15) is 9.90 Å². The third kappa shape index (κ3) is 3.55. The molecule has 0 aromatic heterocycles. The molecule has 2 aliphatic heterocycles. The van der Waals surface area contributed by atoms with Crippen LogP contribution in [0.1, 0.15) is 29.6 Å². The summed E-state index contributed by atoms with van der Waals surface area (Å²) in [5, 5.41) is 13.5. The maximum atomic E-state index is 12.6. The van der Waals surface area contributed by atoms with E-state index in [-0.39, 0.29) is 5.91 Å². The van der Waals surface area contributed by atoms with Gasteiger partial charge in [0, 0.05) is 31.8 Å². The van der Waals surface area contributed by atoms with Gasteiger partial charge in [-0.05, 0) is 50.6 Å². The van der Waals surface area contributed by atoms with Crippen LogP contribution in [0.15, 0.2) is 24.3 Å². The number of hydrogen-bond donors (Lipinski definition) is 2. The van der Waals surface area contributed by atoms with E-state index in [1.165, 1.54) is 0 Å². The molecule has 2 N–H and O–H groups in total. The van der Waals surface area contributed by atoms with E-state index >= 15 is 0 Å². The van der Waals surface area contributed by atoms with Gasteiger partial charge in [-0.1, -0.05) is 0 Å². The molecule has 1 amide bonds. The number of likely N-dealkylation sites (N-methyl/N-ethyl adjacent to an activating group) is 1. The molecule has 6 nitrogen and oxygen atoms in total. The molecule has 0 bridgehead atoms. The summed E-state index contributed by atoms with van der Waals surface area (Å²) in [5.74, 6) is 0.697. The second kappa shape index (κ2) is 7.51. The van der Waals surface area contributed by atoms with Gasteiger partial charge in [-0.25, -0.2) is 0 Å². The van der Waals surface area contributed by atoms with Crippen LogP contribution in [0, 0.1) is 0 Å². The Morgan fingerprint density at radius 3 is 2.83 bits per heavy atom. The maximum Gasteiger partial charge on any atom is 0.253 e. The highest BCUT2D eigenvalue weighted by atomic mass is 16.5. The third-order valence-electron chi connectivity index (χ3n) is 4.95. The lowest BCUT2D eigenvalue weighted by Crippen LogP contribution is -2.56. The predicted molar refractivity (Wildman–Crippen MR) is 90.3 cm³/mol. The van der Waals surface area contributed by atoms with Gasteiger partial charge in [0.25, 0.3) is 5.91 Å². The Hall–Kier alpha value is -1.63. The van der Waals surface area contributed by atoms with Crippen molar-refractivity contribution in [2.45, 2.75) is 31.0 Å². The van der Waals surface area contributed by atoms with Gasteiger partial charge in [0.15, 0.2) is 0 Å². The quantitative estimate of drug-likeness (QED) is 0.788. The maximum absolute atomic E-state index is 12.6. The summed E-state index contributed by atoms with van der Waals surface area (Å²) in [6, 6.07) is 7.18. The van der Waals surface area contributed by atoms with Crippen LogP contribution in [0.2, 0.25) is 0 Å². The Balaban J connectivity index is 1.58. The highest BCUT2D eigenvalue weighted by molar-refractivity contribution is 5.94. The predicted octanol–water partition coefficient (Wildman–Crippen LogP) is 1.04. The number of nitrogens with one attached hydrogen (secondary N) is 1. The number of likely N-dealkylation sites (tertiary alicyclic amines) is 1. The van der Waals surface area contributed by atoms with Gasteiger partial charge in [-0.3, -0.25) is 4.79 Å². The fourth-order valence-electron chi connectivity index (χ4n) is 3.47. The normalized spacial score (nSPS) is 26.8. The van der Waals surface area contributed by atoms with Gasteiger partial charge in [0.1, 0.15) is 18.5 Å². The monoisotopic (exact) mass is 334 g/mol. The van der Waals surface area contributed by atoms with Crippen molar-refractivity contribution in [3.8, 4) is 5.75 Å². The first-order valence-corrected chi connectivity index (χ1v) is 8.63. The van der Waals surface area contributed by atoms with E-state index in [1.807, 2.05) is 19.2 Å². The molecular weight excluding hydrogens is 308 g/mol. The molecule has 0 unspecified atom stereocenters. The molecule has 3 rings (SSSR count). The van der Waals surface area contributed by atoms with E-state index < -0.39 is 11.7 Å². The molecule has 2 heterocycles. The number of β-amino-alcohol motifs (C(OH)–C–C–N with tert-alkyl or cyclic N) is 1. The number of aliphatic hydroxyl groups excluding tert-OH is 1. The number of rotatable bonds is 5. The average Bonchev–Trinajstić information content (AvgIpc) is 3.07. The average molecular weight is 334 g/mol. The number of carbonyl (C=O) groups excluding carboxylic acids is 1. The van der Waals surface area contributed by atoms with Crippen LogP contribution in [0.4, 0.5) is 0 Å². The Bertz CT molecular complexity index is 555. The van der Waals surface area contributed by atoms with Gasteiger partial charge in [0.2, 0.25) is 0 Å². The van der Waals surface area contributed by atoms with Crippen LogP contribution in [0.3, 0.4) is 0 Å². The lowest BCUT2D eigenvalue weighted by molar-refractivity contribution is -0.122. The standard InChI is InChI=1S/C18H26N2O4/c1-19-9-12-23-15-5-3-14(4-6-15)17(22)20-10-8-18(16(21)13-20)7-2-11-24-18/h3-6,16,19,21H,2,7-13H2,1H3/t16-,18-/m0/s1. The molecule has 1 spiro atoms. The number of aliphatic hydroxyl groups is 1. The van der Waals surface area contributed by atoms with Crippen molar-refractivity contribution in [2.75, 3.05) is 39.9 Å². The fraction of sp³-hybridized carbons (Fsp3) is 0.611. The second-order valence-corrected chi connectivity index (χ2v) is 6.51. The lowest BCUT2D eigenvalue weighted by Gasteiger charge is -2.42. The van der Waals surface area contributed by atoms with Crippen LogP contribution in [-0.2, 0) is 4.74 Å². The number of benzene rings is 1. The Morgan fingerprint density at radius 2 is 2.21 bits per heavy atom. The first kappa shape index (κ1) is 17.2. The zero-order chi connectivity index (χ0) is 17.0. The van der Waals surface area contributed by atoms with Crippen molar-refractivity contribution in [1.82, 2.24) is 10.2 Å². The van der Waals surface area contributed by atoms with E-state index in [1.54, 1.807) is 17.0 Å². The first-order valence-electron chi connectivity index (χ1n) is 8.63. The number of carbonyl (C=O) groups is 1. The Kier molecular flexibility index (Phi) is 5.38. The molecular formula is C18H26N2O4. The van der Waals surface area contributed by atoms with E-state index in [2.05, 4.69) is 5.32 Å². The minimum Gasteiger partial charge on any atom is -0.492 e. The molecule has 1 aromatic rings. The smallest absolute Gasteiger partial charge is 0.253 e. The van der Waals surface area contributed by atoms with Gasteiger partial charge in [-0.2, -0.15) is 0 Å². The molecule has 0 aliphatic carbocycles. The first-order chi connectivity index (χ1) is 11.6. The SMILES string of the molecule is CNCCOc1ccc(C(=O)N2CC[C@@]3(CCCO3)[C@@H](O)C2)cc1. The van der Waals surface area contributed by atoms with Crippen molar-refractivity contribution in [3.63, 3.8) is 0 Å². The van der Waals surface area contributed by atoms with Gasteiger partial charge in [0.05, 0.1) is 5.60 Å². The molecule has 0 saturated carbocycles. The van der Waals surface area contributed by atoms with E-state index in [0.717, 1.165) is 25.1 Å². The molecule has 1 aromatic carbocycles. The molecule has 6 heteroatoms. The molecule has 132 valence electrons. The summed E-state index contributed by atoms with van der Waals surface area (Å²) < 4.78 is 11.3. The number of piperidine rings is 1. The molecule has 0 radical (unpaired) electrons. The summed E-state index contributed by atoms with van der Waals surface area (Å²) in [5.41, 5.74) is 0.188. The minimum atomic E-state index is -0.609. The van der Waals surface area contributed by atoms with E-state index in [4.69, 9.17) is 9.47 Å². The van der Waals surface area contributed by atoms with Crippen LogP contribution in [0.5, 0.6) is 5.75 Å². The summed E-state index contributed by atoms with van der Waals surface area (Å²) >= 11 is 0. The highest BCUT2D eigenvalue weighted by Gasteiger charge is 2.46. The molecule has 2 aliphatic rings. The van der Waals surface area contributed by atoms with Crippen LogP contribution in [-0.4, -0.2) is 67.5 Å². The lowest BCUT2D eigenvalue weighted by atomic mass is 9.86. The van der Waals surface area contributed by atoms with Crippen molar-refractivity contribution < 1.29 is 19.4 Å². The Labute approximate surface area is 142 Å². The summed E-state index contributed by atoms with van der Waals surface area (Å²) in [4.78, 5) is 14.4. The van der Waals surface area contributed by atoms with Crippen LogP contribution in [0.25, 0.3) is 0 Å². The van der Waals surface area contributed by atoms with Gasteiger partial charge >= 0.3 is 0 Å². The Morgan fingerprint density at radius 1 is 1.42 bits per heavy atom. The largest absolute Gasteiger partial charge is 0.492 e. The van der Waals surface area contributed by atoms with Gasteiger partial charge in [-0.15, -0.1) is 0 Å². The number of ether oxygens (including phenoxy) is 2. The summed E-state index contributed by atoms with van der Waals surface area (Å²) in [6.07, 6.45) is 1.96. The number of nitrogens with zero attached hydrogens (tertiary/aromatic N) is 1. The van der Waals surface area contributed by atoms with Crippen LogP contribution < -0.4 is 10.1 Å². The van der Waals surface area contributed by atoms with Crippen molar-refractivity contribution in [2.24, 2.45) is 0 Å². The van der Waals surface area contributed by atoms with Gasteiger partial charge < -0.3 is 24.8 Å². The second-order valence-electron chi connectivity index (χ2n) is 6.51. The third-order valence-corrected chi connectivity index (χ3v) is 4.95. The summed E-state index contributed by atoms with van der Waals surface area (Å²) in [6.45, 7) is 3.02. The molecule has 2 atom stereocenters. The van der Waals surface area contributed by atoms with Crippen molar-refractivity contribution in [3.05, 3.63) is 29.8 Å². The van der Waals surface area contributed by atoms with Crippen molar-refractivity contribution in [1.29, 1.82) is 0 Å². The zero-order valence-electron chi connectivity index (χ0n) is 14.2. The molecule has 24 heavy (non-hydrogen) atoms. The minimum absolute atomic E-state index is 0.0522. The van der Waals surface area contributed by atoms with E-state index in [0.29, 0.717) is 38.3 Å².